The smallest absolute Gasteiger partial charge is 0.332 e. The normalized spacial score (nSPS) is 15.5. The van der Waals surface area contributed by atoms with Crippen molar-refractivity contribution in [2.24, 2.45) is 7.05 Å². The molecule has 1 aromatic carbocycles. The molecule has 0 aliphatic carbocycles. The molecule has 0 amide bonds. The Labute approximate surface area is 164 Å². The Morgan fingerprint density at radius 3 is 2.66 bits per heavy atom. The zero-order valence-electron chi connectivity index (χ0n) is 15.4. The van der Waals surface area contributed by atoms with E-state index in [9.17, 15) is 21.6 Å². The molecule has 4 rings (SSSR count). The topological polar surface area (TPSA) is 94.1 Å². The van der Waals surface area contributed by atoms with Gasteiger partial charge in [-0.2, -0.15) is 27.6 Å². The maximum atomic E-state index is 13.0. The molecule has 0 unspecified atom stereocenters. The monoisotopic (exact) mass is 427 g/mol. The van der Waals surface area contributed by atoms with Crippen LogP contribution in [-0.2, 0) is 36.2 Å². The van der Waals surface area contributed by atoms with E-state index in [0.29, 0.717) is 29.6 Å². The highest BCUT2D eigenvalue weighted by Gasteiger charge is 2.36. The van der Waals surface area contributed by atoms with Crippen molar-refractivity contribution in [1.29, 1.82) is 0 Å². The standard InChI is InChI=1S/C17H16F3N5O3S/c1-10-21-16(28-23-10)15-13-9-25(7-6-14(13)24(2)22-15)29(26,27)12-5-3-4-11(8-12)17(18,19)20/h3-5,8H,6-7,9H2,1-2H3. The number of hydrogen-bond donors (Lipinski definition) is 0. The summed E-state index contributed by atoms with van der Waals surface area (Å²) in [5.74, 6) is 0.571. The van der Waals surface area contributed by atoms with Crippen LogP contribution >= 0.6 is 0 Å². The van der Waals surface area contributed by atoms with Crippen LogP contribution in [0.3, 0.4) is 0 Å². The van der Waals surface area contributed by atoms with Crippen LogP contribution in [0, 0.1) is 6.92 Å². The number of hydrogen-bond acceptors (Lipinski definition) is 6. The van der Waals surface area contributed by atoms with E-state index in [1.807, 2.05) is 0 Å². The first-order valence-electron chi connectivity index (χ1n) is 8.60. The fraction of sp³-hybridized carbons (Fsp3) is 0.353. The molecule has 0 spiro atoms. The van der Waals surface area contributed by atoms with Crippen molar-refractivity contribution >= 4 is 10.0 Å². The zero-order valence-corrected chi connectivity index (χ0v) is 16.3. The van der Waals surface area contributed by atoms with Gasteiger partial charge in [0.1, 0.15) is 0 Å². The second kappa shape index (κ2) is 6.66. The first-order valence-corrected chi connectivity index (χ1v) is 10.0. The Morgan fingerprint density at radius 2 is 2.00 bits per heavy atom. The molecule has 3 heterocycles. The van der Waals surface area contributed by atoms with E-state index < -0.39 is 26.7 Å². The molecule has 0 saturated heterocycles. The molecule has 8 nitrogen and oxygen atoms in total. The lowest BCUT2D eigenvalue weighted by Crippen LogP contribution is -2.36. The molecule has 0 bridgehead atoms. The van der Waals surface area contributed by atoms with Crippen molar-refractivity contribution in [1.82, 2.24) is 24.2 Å². The Balaban J connectivity index is 1.71. The molecule has 1 aliphatic heterocycles. The number of alkyl halides is 3. The molecule has 0 N–H and O–H groups in total. The summed E-state index contributed by atoms with van der Waals surface area (Å²) in [5.41, 5.74) is 0.760. The molecule has 1 aliphatic rings. The average Bonchev–Trinajstić information content (AvgIpc) is 3.24. The van der Waals surface area contributed by atoms with Crippen molar-refractivity contribution in [2.75, 3.05) is 6.54 Å². The molecule has 12 heteroatoms. The lowest BCUT2D eigenvalue weighted by molar-refractivity contribution is -0.137. The predicted octanol–water partition coefficient (Wildman–Crippen LogP) is 2.54. The number of aromatic nitrogens is 4. The SMILES string of the molecule is Cc1noc(-c2nn(C)c3c2CN(S(=O)(=O)c2cccc(C(F)(F)F)c2)CC3)n1. The van der Waals surface area contributed by atoms with Gasteiger partial charge < -0.3 is 4.52 Å². The first-order chi connectivity index (χ1) is 13.6. The van der Waals surface area contributed by atoms with E-state index in [2.05, 4.69) is 15.2 Å². The highest BCUT2D eigenvalue weighted by atomic mass is 32.2. The number of halogens is 3. The number of fused-ring (bicyclic) bond motifs is 1. The Hall–Kier alpha value is -2.73. The Bertz CT molecular complexity index is 1180. The number of rotatable bonds is 3. The van der Waals surface area contributed by atoms with Gasteiger partial charge in [0.05, 0.1) is 10.5 Å². The summed E-state index contributed by atoms with van der Waals surface area (Å²) in [7, 11) is -2.42. The number of aryl methyl sites for hydroxylation is 2. The third kappa shape index (κ3) is 3.42. The van der Waals surface area contributed by atoms with Crippen LogP contribution in [0.5, 0.6) is 0 Å². The van der Waals surface area contributed by atoms with Gasteiger partial charge >= 0.3 is 6.18 Å². The lowest BCUT2D eigenvalue weighted by Gasteiger charge is -2.27. The summed E-state index contributed by atoms with van der Waals surface area (Å²) in [4.78, 5) is 3.73. The van der Waals surface area contributed by atoms with Gasteiger partial charge in [0.25, 0.3) is 5.89 Å². The van der Waals surface area contributed by atoms with Crippen molar-refractivity contribution in [3.05, 3.63) is 46.9 Å². The molecule has 3 aromatic rings. The quantitative estimate of drug-likeness (QED) is 0.638. The lowest BCUT2D eigenvalue weighted by atomic mass is 10.1. The summed E-state index contributed by atoms with van der Waals surface area (Å²) >= 11 is 0. The Morgan fingerprint density at radius 1 is 1.24 bits per heavy atom. The van der Waals surface area contributed by atoms with Crippen molar-refractivity contribution in [2.45, 2.75) is 31.0 Å². The highest BCUT2D eigenvalue weighted by Crippen LogP contribution is 2.34. The van der Waals surface area contributed by atoms with Crippen LogP contribution in [0.15, 0.2) is 33.7 Å². The van der Waals surface area contributed by atoms with Crippen molar-refractivity contribution < 1.29 is 26.1 Å². The van der Waals surface area contributed by atoms with Crippen LogP contribution in [0.1, 0.15) is 22.6 Å². The summed E-state index contributed by atoms with van der Waals surface area (Å²) in [6, 6.07) is 3.73. The predicted molar refractivity (Wildman–Crippen MR) is 94.0 cm³/mol. The highest BCUT2D eigenvalue weighted by molar-refractivity contribution is 7.89. The van der Waals surface area contributed by atoms with Gasteiger partial charge in [-0.15, -0.1) is 0 Å². The second-order valence-electron chi connectivity index (χ2n) is 6.66. The molecule has 29 heavy (non-hydrogen) atoms. The third-order valence-corrected chi connectivity index (χ3v) is 6.58. The number of benzene rings is 1. The molecule has 2 aromatic heterocycles. The van der Waals surface area contributed by atoms with Crippen molar-refractivity contribution in [3.63, 3.8) is 0 Å². The van der Waals surface area contributed by atoms with Crippen LogP contribution in [0.2, 0.25) is 0 Å². The van der Waals surface area contributed by atoms with E-state index in [-0.39, 0.29) is 19.0 Å². The average molecular weight is 427 g/mol. The Kier molecular flexibility index (Phi) is 4.50. The van der Waals surface area contributed by atoms with Crippen LogP contribution in [-0.4, -0.2) is 39.2 Å². The molecule has 0 fully saturated rings. The van der Waals surface area contributed by atoms with E-state index >= 15 is 0 Å². The fourth-order valence-corrected chi connectivity index (χ4v) is 4.78. The molecule has 0 atom stereocenters. The van der Waals surface area contributed by atoms with Gasteiger partial charge in [-0.25, -0.2) is 8.42 Å². The van der Waals surface area contributed by atoms with Gasteiger partial charge in [0.2, 0.25) is 10.0 Å². The van der Waals surface area contributed by atoms with E-state index in [0.717, 1.165) is 28.2 Å². The van der Waals surface area contributed by atoms with E-state index in [4.69, 9.17) is 4.52 Å². The van der Waals surface area contributed by atoms with Crippen LogP contribution in [0.4, 0.5) is 13.2 Å². The summed E-state index contributed by atoms with van der Waals surface area (Å²) in [6.07, 6.45) is -4.28. The molecule has 0 radical (unpaired) electrons. The molecule has 154 valence electrons. The number of sulfonamides is 1. The maximum absolute atomic E-state index is 13.0. The second-order valence-corrected chi connectivity index (χ2v) is 8.60. The first kappa shape index (κ1) is 19.6. The minimum atomic E-state index is -4.63. The molecular formula is C17H16F3N5O3S. The zero-order chi connectivity index (χ0) is 21.0. The molecule has 0 saturated carbocycles. The third-order valence-electron chi connectivity index (χ3n) is 4.74. The molecular weight excluding hydrogens is 411 g/mol. The van der Waals surface area contributed by atoms with Gasteiger partial charge in [-0.05, 0) is 25.1 Å². The number of nitrogens with zero attached hydrogens (tertiary/aromatic N) is 5. The minimum absolute atomic E-state index is 0.0570. The van der Waals surface area contributed by atoms with Gasteiger partial charge in [-0.3, -0.25) is 4.68 Å². The van der Waals surface area contributed by atoms with Gasteiger partial charge in [0.15, 0.2) is 11.5 Å². The largest absolute Gasteiger partial charge is 0.416 e. The maximum Gasteiger partial charge on any atom is 0.416 e. The summed E-state index contributed by atoms with van der Waals surface area (Å²) in [6.45, 7) is 1.71. The van der Waals surface area contributed by atoms with Crippen molar-refractivity contribution in [3.8, 4) is 11.6 Å². The van der Waals surface area contributed by atoms with Crippen LogP contribution < -0.4 is 0 Å². The van der Waals surface area contributed by atoms with Gasteiger partial charge in [0, 0.05) is 37.8 Å². The summed E-state index contributed by atoms with van der Waals surface area (Å²) in [5, 5.41) is 8.09. The van der Waals surface area contributed by atoms with Crippen LogP contribution in [0.25, 0.3) is 11.6 Å². The van der Waals surface area contributed by atoms with E-state index in [1.165, 1.54) is 0 Å². The van der Waals surface area contributed by atoms with Gasteiger partial charge in [-0.1, -0.05) is 11.2 Å². The summed E-state index contributed by atoms with van der Waals surface area (Å²) < 4.78 is 72.9. The van der Waals surface area contributed by atoms with E-state index in [1.54, 1.807) is 18.7 Å². The minimum Gasteiger partial charge on any atom is -0.332 e. The fourth-order valence-electron chi connectivity index (χ4n) is 3.32.